The van der Waals surface area contributed by atoms with Gasteiger partial charge in [0.1, 0.15) is 5.60 Å². The highest BCUT2D eigenvalue weighted by molar-refractivity contribution is 6.31. The number of carbonyl (C=O) groups excluding carboxylic acids is 1. The van der Waals surface area contributed by atoms with Gasteiger partial charge in [0.2, 0.25) is 0 Å². The van der Waals surface area contributed by atoms with Crippen molar-refractivity contribution in [3.05, 3.63) is 34.9 Å². The molecule has 0 amide bonds. The number of esters is 1. The summed E-state index contributed by atoms with van der Waals surface area (Å²) in [7, 11) is 0. The number of nitrogens with two attached hydrogens (primary N) is 1. The van der Waals surface area contributed by atoms with Crippen LogP contribution in [0, 0.1) is 0 Å². The molecule has 0 fully saturated rings. The minimum Gasteiger partial charge on any atom is -0.460 e. The Morgan fingerprint density at radius 1 is 1.26 bits per heavy atom. The van der Waals surface area contributed by atoms with E-state index in [-0.39, 0.29) is 12.4 Å². The number of hydrogen-bond donors (Lipinski definition) is 1. The molecular formula is C15H22ClNO2. The van der Waals surface area contributed by atoms with Crippen LogP contribution in [0.5, 0.6) is 0 Å². The number of carbonyl (C=O) groups is 1. The van der Waals surface area contributed by atoms with E-state index in [1.165, 1.54) is 0 Å². The first-order valence-corrected chi connectivity index (χ1v) is 6.73. The molecule has 0 saturated carbocycles. The standard InChI is InChI=1S/C15H22ClNO2/c1-14(2,3)19-13(18)9-15(4,10-17)11-7-5-6-8-12(11)16/h5-8H,9-10,17H2,1-4H3. The van der Waals surface area contributed by atoms with Gasteiger partial charge < -0.3 is 10.5 Å². The number of benzene rings is 1. The molecule has 3 nitrogen and oxygen atoms in total. The molecule has 106 valence electrons. The maximum atomic E-state index is 12.0. The van der Waals surface area contributed by atoms with Crippen LogP contribution in [0.2, 0.25) is 5.02 Å². The molecule has 0 radical (unpaired) electrons. The molecule has 1 unspecified atom stereocenters. The fraction of sp³-hybridized carbons (Fsp3) is 0.533. The molecule has 1 rings (SSSR count). The fourth-order valence-corrected chi connectivity index (χ4v) is 2.29. The summed E-state index contributed by atoms with van der Waals surface area (Å²) in [6.07, 6.45) is 0.213. The second kappa shape index (κ2) is 5.93. The summed E-state index contributed by atoms with van der Waals surface area (Å²) in [5, 5.41) is 0.624. The highest BCUT2D eigenvalue weighted by atomic mass is 35.5. The summed E-state index contributed by atoms with van der Waals surface area (Å²) in [6, 6.07) is 7.46. The quantitative estimate of drug-likeness (QED) is 0.863. The molecular weight excluding hydrogens is 262 g/mol. The first kappa shape index (κ1) is 16.0. The topological polar surface area (TPSA) is 52.3 Å². The fourth-order valence-electron chi connectivity index (χ4n) is 1.92. The van der Waals surface area contributed by atoms with Crippen molar-refractivity contribution in [2.45, 2.75) is 45.1 Å². The second-order valence-corrected chi connectivity index (χ2v) is 6.42. The van der Waals surface area contributed by atoms with Gasteiger partial charge in [-0.05, 0) is 32.4 Å². The number of halogens is 1. The zero-order chi connectivity index (χ0) is 14.7. The van der Waals surface area contributed by atoms with Crippen molar-refractivity contribution in [3.8, 4) is 0 Å². The Labute approximate surface area is 120 Å². The molecule has 1 aromatic carbocycles. The lowest BCUT2D eigenvalue weighted by Gasteiger charge is -2.30. The van der Waals surface area contributed by atoms with E-state index in [0.717, 1.165) is 5.56 Å². The van der Waals surface area contributed by atoms with Gasteiger partial charge in [0.15, 0.2) is 0 Å². The summed E-state index contributed by atoms with van der Waals surface area (Å²) < 4.78 is 5.36. The van der Waals surface area contributed by atoms with E-state index in [1.807, 2.05) is 45.9 Å². The molecule has 0 aliphatic heterocycles. The van der Waals surface area contributed by atoms with E-state index in [9.17, 15) is 4.79 Å². The van der Waals surface area contributed by atoms with Crippen molar-refractivity contribution >= 4 is 17.6 Å². The molecule has 0 aliphatic rings. The van der Waals surface area contributed by atoms with Crippen molar-refractivity contribution in [1.82, 2.24) is 0 Å². The summed E-state index contributed by atoms with van der Waals surface area (Å²) in [5.41, 5.74) is 5.73. The van der Waals surface area contributed by atoms with Crippen LogP contribution < -0.4 is 5.73 Å². The molecule has 19 heavy (non-hydrogen) atoms. The van der Waals surface area contributed by atoms with Crippen molar-refractivity contribution in [3.63, 3.8) is 0 Å². The molecule has 0 bridgehead atoms. The van der Waals surface area contributed by atoms with Gasteiger partial charge in [-0.25, -0.2) is 0 Å². The average molecular weight is 284 g/mol. The third-order valence-corrected chi connectivity index (χ3v) is 3.26. The van der Waals surface area contributed by atoms with Crippen LogP contribution >= 0.6 is 11.6 Å². The van der Waals surface area contributed by atoms with Gasteiger partial charge >= 0.3 is 5.97 Å². The molecule has 1 aromatic rings. The smallest absolute Gasteiger partial charge is 0.307 e. The van der Waals surface area contributed by atoms with Crippen LogP contribution in [-0.2, 0) is 14.9 Å². The maximum absolute atomic E-state index is 12.0. The van der Waals surface area contributed by atoms with Crippen LogP contribution in [0.25, 0.3) is 0 Å². The Morgan fingerprint density at radius 2 is 1.84 bits per heavy atom. The summed E-state index contributed by atoms with van der Waals surface area (Å²) in [4.78, 5) is 12.0. The Hall–Kier alpha value is -1.06. The van der Waals surface area contributed by atoms with E-state index in [2.05, 4.69) is 0 Å². The second-order valence-electron chi connectivity index (χ2n) is 6.01. The predicted molar refractivity (Wildman–Crippen MR) is 78.3 cm³/mol. The van der Waals surface area contributed by atoms with Gasteiger partial charge in [-0.2, -0.15) is 0 Å². The average Bonchev–Trinajstić information content (AvgIpc) is 2.26. The molecule has 0 aliphatic carbocycles. The molecule has 2 N–H and O–H groups in total. The van der Waals surface area contributed by atoms with E-state index >= 15 is 0 Å². The number of rotatable bonds is 4. The first-order chi connectivity index (χ1) is 8.68. The Morgan fingerprint density at radius 3 is 2.32 bits per heavy atom. The monoisotopic (exact) mass is 283 g/mol. The molecule has 1 atom stereocenters. The lowest BCUT2D eigenvalue weighted by atomic mass is 9.79. The predicted octanol–water partition coefficient (Wildman–Crippen LogP) is 3.29. The van der Waals surface area contributed by atoms with Crippen LogP contribution in [0.1, 0.15) is 39.7 Å². The third kappa shape index (κ3) is 4.51. The lowest BCUT2D eigenvalue weighted by Crippen LogP contribution is -2.37. The molecule has 0 saturated heterocycles. The highest BCUT2D eigenvalue weighted by Crippen LogP contribution is 2.32. The van der Waals surface area contributed by atoms with Gasteiger partial charge in [-0.1, -0.05) is 36.7 Å². The van der Waals surface area contributed by atoms with E-state index in [4.69, 9.17) is 22.1 Å². The van der Waals surface area contributed by atoms with Crippen molar-refractivity contribution in [2.75, 3.05) is 6.54 Å². The Balaban J connectivity index is 2.94. The van der Waals surface area contributed by atoms with Crippen LogP contribution in [0.4, 0.5) is 0 Å². The zero-order valence-electron chi connectivity index (χ0n) is 12.0. The summed E-state index contributed by atoms with van der Waals surface area (Å²) in [6.45, 7) is 7.80. The largest absolute Gasteiger partial charge is 0.460 e. The van der Waals surface area contributed by atoms with Gasteiger partial charge in [0.05, 0.1) is 6.42 Å². The van der Waals surface area contributed by atoms with Gasteiger partial charge in [-0.15, -0.1) is 0 Å². The summed E-state index contributed by atoms with van der Waals surface area (Å²) >= 11 is 6.20. The van der Waals surface area contributed by atoms with Crippen molar-refractivity contribution in [2.24, 2.45) is 5.73 Å². The summed E-state index contributed by atoms with van der Waals surface area (Å²) in [5.74, 6) is -0.264. The van der Waals surface area contributed by atoms with Gasteiger partial charge in [0, 0.05) is 17.0 Å². The number of hydrogen-bond acceptors (Lipinski definition) is 3. The van der Waals surface area contributed by atoms with Crippen LogP contribution in [0.3, 0.4) is 0 Å². The molecule has 4 heteroatoms. The minimum atomic E-state index is -0.513. The molecule has 0 aromatic heterocycles. The zero-order valence-corrected chi connectivity index (χ0v) is 12.8. The molecule has 0 spiro atoms. The first-order valence-electron chi connectivity index (χ1n) is 6.35. The van der Waals surface area contributed by atoms with Crippen molar-refractivity contribution < 1.29 is 9.53 Å². The van der Waals surface area contributed by atoms with Crippen LogP contribution in [0.15, 0.2) is 24.3 Å². The van der Waals surface area contributed by atoms with Gasteiger partial charge in [-0.3, -0.25) is 4.79 Å². The number of ether oxygens (including phenoxy) is 1. The van der Waals surface area contributed by atoms with Crippen LogP contribution in [-0.4, -0.2) is 18.1 Å². The Kier molecular flexibility index (Phi) is 4.99. The normalized spacial score (nSPS) is 14.8. The minimum absolute atomic E-state index is 0.213. The lowest BCUT2D eigenvalue weighted by molar-refractivity contribution is -0.156. The SMILES string of the molecule is CC(C)(C)OC(=O)CC(C)(CN)c1ccccc1Cl. The van der Waals surface area contributed by atoms with Crippen molar-refractivity contribution in [1.29, 1.82) is 0 Å². The molecule has 0 heterocycles. The highest BCUT2D eigenvalue weighted by Gasteiger charge is 2.32. The van der Waals surface area contributed by atoms with E-state index in [0.29, 0.717) is 11.6 Å². The van der Waals surface area contributed by atoms with Gasteiger partial charge in [0.25, 0.3) is 0 Å². The maximum Gasteiger partial charge on any atom is 0.307 e. The Bertz CT molecular complexity index is 454. The third-order valence-electron chi connectivity index (χ3n) is 2.93. The van der Waals surface area contributed by atoms with E-state index in [1.54, 1.807) is 6.07 Å². The van der Waals surface area contributed by atoms with E-state index < -0.39 is 11.0 Å².